The second-order valence-corrected chi connectivity index (χ2v) is 6.97. The summed E-state index contributed by atoms with van der Waals surface area (Å²) in [7, 11) is 3.87. The van der Waals surface area contributed by atoms with Crippen molar-refractivity contribution in [3.63, 3.8) is 0 Å². The Labute approximate surface area is 161 Å². The minimum atomic E-state index is -0.243. The van der Waals surface area contributed by atoms with Crippen molar-refractivity contribution in [3.8, 4) is 5.88 Å². The molecule has 0 unspecified atom stereocenters. The van der Waals surface area contributed by atoms with E-state index in [2.05, 4.69) is 15.3 Å². The summed E-state index contributed by atoms with van der Waals surface area (Å²) in [4.78, 5) is 34.5. The predicted molar refractivity (Wildman–Crippen MR) is 108 cm³/mol. The van der Waals surface area contributed by atoms with E-state index in [9.17, 15) is 14.7 Å². The average Bonchev–Trinajstić information content (AvgIpc) is 3.17. The van der Waals surface area contributed by atoms with Gasteiger partial charge in [0.05, 0.1) is 11.3 Å². The summed E-state index contributed by atoms with van der Waals surface area (Å²) in [5, 5.41) is 13.9. The Balaban J connectivity index is 1.71. The van der Waals surface area contributed by atoms with Crippen LogP contribution >= 0.6 is 0 Å². The summed E-state index contributed by atoms with van der Waals surface area (Å²) in [6.07, 6.45) is 0. The summed E-state index contributed by atoms with van der Waals surface area (Å²) in [6, 6.07) is 12.1. The van der Waals surface area contributed by atoms with Gasteiger partial charge < -0.3 is 20.3 Å². The molecule has 7 heteroatoms. The van der Waals surface area contributed by atoms with E-state index in [0.717, 1.165) is 6.54 Å². The summed E-state index contributed by atoms with van der Waals surface area (Å²) in [6.45, 7) is 1.25. The van der Waals surface area contributed by atoms with Crippen LogP contribution in [0.4, 0.5) is 5.69 Å². The van der Waals surface area contributed by atoms with E-state index < -0.39 is 0 Å². The van der Waals surface area contributed by atoms with E-state index in [1.165, 1.54) is 0 Å². The Kier molecular flexibility index (Phi) is 4.44. The first-order valence-electron chi connectivity index (χ1n) is 8.96. The topological polar surface area (TPSA) is 97.8 Å². The number of carbonyl (C=O) groups is 2. The van der Waals surface area contributed by atoms with E-state index in [1.54, 1.807) is 36.4 Å². The van der Waals surface area contributed by atoms with Crippen LogP contribution in [0.1, 0.15) is 26.3 Å². The van der Waals surface area contributed by atoms with Crippen molar-refractivity contribution in [2.45, 2.75) is 0 Å². The van der Waals surface area contributed by atoms with Gasteiger partial charge in [-0.3, -0.25) is 9.59 Å². The first-order valence-corrected chi connectivity index (χ1v) is 8.96. The lowest BCUT2D eigenvalue weighted by Crippen LogP contribution is -2.31. The van der Waals surface area contributed by atoms with Crippen LogP contribution in [0.2, 0.25) is 0 Å². The quantitative estimate of drug-likeness (QED) is 0.637. The van der Waals surface area contributed by atoms with Crippen LogP contribution in [0.15, 0.2) is 47.5 Å². The third kappa shape index (κ3) is 3.05. The average molecular weight is 376 g/mol. The number of aromatic nitrogens is 1. The lowest BCUT2D eigenvalue weighted by Gasteiger charge is -2.10. The minimum Gasteiger partial charge on any atom is -0.494 e. The zero-order valence-electron chi connectivity index (χ0n) is 15.6. The van der Waals surface area contributed by atoms with Crippen LogP contribution in [0.3, 0.4) is 0 Å². The highest BCUT2D eigenvalue weighted by molar-refractivity contribution is 6.56. The van der Waals surface area contributed by atoms with Gasteiger partial charge in [0.2, 0.25) is 5.78 Å². The van der Waals surface area contributed by atoms with Gasteiger partial charge >= 0.3 is 0 Å². The van der Waals surface area contributed by atoms with Crippen molar-refractivity contribution in [1.82, 2.24) is 15.2 Å². The molecule has 3 N–H and O–H groups in total. The fourth-order valence-corrected chi connectivity index (χ4v) is 3.29. The molecule has 0 spiro atoms. The van der Waals surface area contributed by atoms with Gasteiger partial charge in [-0.2, -0.15) is 0 Å². The SMILES string of the molecule is CN(C)CCNC(=O)c1ccc2[nH]c(O)c(C3=Nc4ccccc4C3=O)c2c1. The number of hydrogen-bond donors (Lipinski definition) is 3. The molecule has 0 fully saturated rings. The van der Waals surface area contributed by atoms with Crippen molar-refractivity contribution in [1.29, 1.82) is 0 Å². The molecule has 1 amide bonds. The standard InChI is InChI=1S/C21H20N4O3/c1-25(2)10-9-22-20(27)12-7-8-16-14(11-12)17(21(28)24-16)18-19(26)13-5-3-4-6-15(13)23-18/h3-8,11,24,28H,9-10H2,1-2H3,(H,22,27). The van der Waals surface area contributed by atoms with Crippen LogP contribution in [-0.4, -0.2) is 59.6 Å². The molecule has 1 aromatic heterocycles. The van der Waals surface area contributed by atoms with Crippen LogP contribution < -0.4 is 5.32 Å². The Bertz CT molecular complexity index is 1130. The zero-order chi connectivity index (χ0) is 19.8. The molecule has 7 nitrogen and oxygen atoms in total. The molecule has 0 aliphatic carbocycles. The van der Waals surface area contributed by atoms with Crippen LogP contribution in [0, 0.1) is 0 Å². The highest BCUT2D eigenvalue weighted by Crippen LogP contribution is 2.35. The molecule has 2 heterocycles. The van der Waals surface area contributed by atoms with Gasteiger partial charge in [-0.1, -0.05) is 12.1 Å². The highest BCUT2D eigenvalue weighted by Gasteiger charge is 2.30. The molecule has 28 heavy (non-hydrogen) atoms. The molecule has 0 atom stereocenters. The number of nitrogens with zero attached hydrogens (tertiary/aromatic N) is 2. The van der Waals surface area contributed by atoms with Crippen molar-refractivity contribution >= 4 is 34.0 Å². The smallest absolute Gasteiger partial charge is 0.251 e. The number of Topliss-reactive ketones (excluding diaryl/α,β-unsaturated/α-hetero) is 1. The number of H-pyrrole nitrogens is 1. The van der Waals surface area contributed by atoms with Gasteiger partial charge in [-0.15, -0.1) is 0 Å². The lowest BCUT2D eigenvalue weighted by atomic mass is 10.0. The molecule has 1 aliphatic heterocycles. The third-order valence-corrected chi connectivity index (χ3v) is 4.72. The van der Waals surface area contributed by atoms with Crippen molar-refractivity contribution in [3.05, 3.63) is 59.2 Å². The number of para-hydroxylation sites is 1. The Morgan fingerprint density at radius 3 is 2.75 bits per heavy atom. The number of rotatable bonds is 5. The number of likely N-dealkylation sites (N-methyl/N-ethyl adjacent to an activating group) is 1. The number of amides is 1. The van der Waals surface area contributed by atoms with Gasteiger partial charge in [-0.05, 0) is 44.4 Å². The van der Waals surface area contributed by atoms with Crippen molar-refractivity contribution in [2.75, 3.05) is 27.2 Å². The maximum absolute atomic E-state index is 12.8. The zero-order valence-corrected chi connectivity index (χ0v) is 15.6. The molecule has 3 aromatic rings. The fraction of sp³-hybridized carbons (Fsp3) is 0.190. The first-order chi connectivity index (χ1) is 13.5. The molecule has 0 radical (unpaired) electrons. The number of benzene rings is 2. The van der Waals surface area contributed by atoms with E-state index >= 15 is 0 Å². The number of hydrogen-bond acceptors (Lipinski definition) is 5. The van der Waals surface area contributed by atoms with Crippen LogP contribution in [0.25, 0.3) is 10.9 Å². The van der Waals surface area contributed by atoms with Gasteiger partial charge in [-0.25, -0.2) is 4.99 Å². The third-order valence-electron chi connectivity index (χ3n) is 4.72. The van der Waals surface area contributed by atoms with Crippen LogP contribution in [-0.2, 0) is 0 Å². The number of fused-ring (bicyclic) bond motifs is 2. The van der Waals surface area contributed by atoms with E-state index in [0.29, 0.717) is 39.8 Å². The summed E-state index contributed by atoms with van der Waals surface area (Å²) in [5.41, 5.74) is 2.66. The monoisotopic (exact) mass is 376 g/mol. The summed E-state index contributed by atoms with van der Waals surface area (Å²) < 4.78 is 0. The second-order valence-electron chi connectivity index (χ2n) is 6.97. The van der Waals surface area contributed by atoms with E-state index in [-0.39, 0.29) is 23.3 Å². The Morgan fingerprint density at radius 2 is 2.00 bits per heavy atom. The molecule has 142 valence electrons. The molecule has 2 aromatic carbocycles. The normalized spacial score (nSPS) is 13.1. The maximum atomic E-state index is 12.8. The number of ketones is 1. The number of aromatic hydroxyl groups is 1. The molecule has 1 aliphatic rings. The fourth-order valence-electron chi connectivity index (χ4n) is 3.29. The molecule has 0 saturated heterocycles. The predicted octanol–water partition coefficient (Wildman–Crippen LogP) is 2.48. The first kappa shape index (κ1) is 17.9. The number of nitrogens with one attached hydrogen (secondary N) is 2. The van der Waals surface area contributed by atoms with Gasteiger partial charge in [0, 0.05) is 35.1 Å². The minimum absolute atomic E-state index is 0.139. The van der Waals surface area contributed by atoms with Crippen molar-refractivity contribution < 1.29 is 14.7 Å². The van der Waals surface area contributed by atoms with Crippen LogP contribution in [0.5, 0.6) is 5.88 Å². The van der Waals surface area contributed by atoms with E-state index in [4.69, 9.17) is 0 Å². The number of aromatic amines is 1. The lowest BCUT2D eigenvalue weighted by molar-refractivity contribution is 0.0950. The Hall–Kier alpha value is -3.45. The summed E-state index contributed by atoms with van der Waals surface area (Å²) >= 11 is 0. The highest BCUT2D eigenvalue weighted by atomic mass is 16.3. The maximum Gasteiger partial charge on any atom is 0.251 e. The Morgan fingerprint density at radius 1 is 1.21 bits per heavy atom. The molecular weight excluding hydrogens is 356 g/mol. The number of aliphatic imine (C=N–C) groups is 1. The molecule has 4 rings (SSSR count). The van der Waals surface area contributed by atoms with Gasteiger partial charge in [0.15, 0.2) is 5.88 Å². The van der Waals surface area contributed by atoms with E-state index in [1.807, 2.05) is 25.1 Å². The molecule has 0 saturated carbocycles. The number of carbonyl (C=O) groups excluding carboxylic acids is 2. The molecule has 0 bridgehead atoms. The largest absolute Gasteiger partial charge is 0.494 e. The van der Waals surface area contributed by atoms with Gasteiger partial charge in [0.25, 0.3) is 5.91 Å². The summed E-state index contributed by atoms with van der Waals surface area (Å²) in [5.74, 6) is -0.592. The second kappa shape index (κ2) is 6.94. The van der Waals surface area contributed by atoms with Crippen molar-refractivity contribution in [2.24, 2.45) is 4.99 Å². The molecular formula is C21H20N4O3. The van der Waals surface area contributed by atoms with Gasteiger partial charge in [0.1, 0.15) is 5.71 Å².